The van der Waals surface area contributed by atoms with Gasteiger partial charge in [0, 0.05) is 16.9 Å². The molecule has 3 rings (SSSR count). The van der Waals surface area contributed by atoms with Crippen LogP contribution in [0.25, 0.3) is 0 Å². The SMILES string of the molecule is Cc1cccc(C(=O)Nc2ccc(NC(=O)CNc3cccc(Cl)c3Cl)cc2)c1. The highest BCUT2D eigenvalue weighted by atomic mass is 35.5. The fourth-order valence-corrected chi connectivity index (χ4v) is 3.01. The Morgan fingerprint density at radius 2 is 1.52 bits per heavy atom. The van der Waals surface area contributed by atoms with Gasteiger partial charge in [-0.25, -0.2) is 0 Å². The number of carbonyl (C=O) groups excluding carboxylic acids is 2. The lowest BCUT2D eigenvalue weighted by atomic mass is 10.1. The number of hydrogen-bond acceptors (Lipinski definition) is 3. The minimum atomic E-state index is -0.238. The molecule has 3 aromatic carbocycles. The molecule has 0 aliphatic rings. The van der Waals surface area contributed by atoms with Crippen LogP contribution in [0.4, 0.5) is 17.1 Å². The van der Waals surface area contributed by atoms with Crippen LogP contribution in [0.15, 0.2) is 66.7 Å². The van der Waals surface area contributed by atoms with Gasteiger partial charge < -0.3 is 16.0 Å². The predicted octanol–water partition coefficient (Wildman–Crippen LogP) is 5.60. The minimum Gasteiger partial charge on any atom is -0.375 e. The smallest absolute Gasteiger partial charge is 0.255 e. The van der Waals surface area contributed by atoms with Crippen molar-refractivity contribution in [3.63, 3.8) is 0 Å². The summed E-state index contributed by atoms with van der Waals surface area (Å²) >= 11 is 12.0. The zero-order valence-corrected chi connectivity index (χ0v) is 17.1. The van der Waals surface area contributed by atoms with Crippen LogP contribution < -0.4 is 16.0 Å². The lowest BCUT2D eigenvalue weighted by Gasteiger charge is -2.11. The van der Waals surface area contributed by atoms with Crippen LogP contribution in [0.2, 0.25) is 10.0 Å². The number of nitrogens with one attached hydrogen (secondary N) is 3. The molecule has 5 nitrogen and oxygen atoms in total. The van der Waals surface area contributed by atoms with E-state index in [0.29, 0.717) is 32.7 Å². The molecule has 3 aromatic rings. The van der Waals surface area contributed by atoms with E-state index < -0.39 is 0 Å². The summed E-state index contributed by atoms with van der Waals surface area (Å²) in [5, 5.41) is 9.35. The largest absolute Gasteiger partial charge is 0.375 e. The van der Waals surface area contributed by atoms with E-state index in [1.807, 2.05) is 25.1 Å². The fourth-order valence-electron chi connectivity index (χ4n) is 2.65. The normalized spacial score (nSPS) is 10.3. The Balaban J connectivity index is 1.54. The maximum Gasteiger partial charge on any atom is 0.255 e. The van der Waals surface area contributed by atoms with Crippen molar-refractivity contribution in [3.05, 3.63) is 87.9 Å². The first kappa shape index (κ1) is 20.7. The van der Waals surface area contributed by atoms with Crippen molar-refractivity contribution >= 4 is 52.1 Å². The van der Waals surface area contributed by atoms with E-state index in [9.17, 15) is 9.59 Å². The average molecular weight is 428 g/mol. The molecule has 0 spiro atoms. The van der Waals surface area contributed by atoms with Crippen molar-refractivity contribution in [1.29, 1.82) is 0 Å². The van der Waals surface area contributed by atoms with Crippen molar-refractivity contribution in [3.8, 4) is 0 Å². The van der Waals surface area contributed by atoms with Crippen molar-refractivity contribution in [2.24, 2.45) is 0 Å². The van der Waals surface area contributed by atoms with Crippen LogP contribution >= 0.6 is 23.2 Å². The summed E-state index contributed by atoms with van der Waals surface area (Å²) in [5.41, 5.74) is 3.45. The van der Waals surface area contributed by atoms with Gasteiger partial charge in [-0.15, -0.1) is 0 Å². The molecule has 0 saturated carbocycles. The van der Waals surface area contributed by atoms with E-state index in [-0.39, 0.29) is 18.4 Å². The second-order valence-electron chi connectivity index (χ2n) is 6.40. The Hall–Kier alpha value is -3.02. The Morgan fingerprint density at radius 3 is 2.21 bits per heavy atom. The number of amides is 2. The summed E-state index contributed by atoms with van der Waals surface area (Å²) in [6, 6.07) is 19.4. The molecule has 0 aromatic heterocycles. The fraction of sp³-hybridized carbons (Fsp3) is 0.0909. The molecule has 0 aliphatic heterocycles. The quantitative estimate of drug-likeness (QED) is 0.478. The first-order chi connectivity index (χ1) is 13.9. The molecule has 148 valence electrons. The van der Waals surface area contributed by atoms with Gasteiger partial charge >= 0.3 is 0 Å². The summed E-state index contributed by atoms with van der Waals surface area (Å²) < 4.78 is 0. The lowest BCUT2D eigenvalue weighted by molar-refractivity contribution is -0.114. The first-order valence-corrected chi connectivity index (χ1v) is 9.64. The van der Waals surface area contributed by atoms with Gasteiger partial charge in [0.25, 0.3) is 5.91 Å². The van der Waals surface area contributed by atoms with Gasteiger partial charge in [-0.1, -0.05) is 47.0 Å². The summed E-state index contributed by atoms with van der Waals surface area (Å²) in [4.78, 5) is 24.4. The molecule has 0 radical (unpaired) electrons. The highest BCUT2D eigenvalue weighted by molar-refractivity contribution is 6.43. The third-order valence-electron chi connectivity index (χ3n) is 4.10. The second-order valence-corrected chi connectivity index (χ2v) is 7.19. The van der Waals surface area contributed by atoms with Crippen LogP contribution in [0, 0.1) is 6.92 Å². The third kappa shape index (κ3) is 5.73. The number of aryl methyl sites for hydroxylation is 1. The van der Waals surface area contributed by atoms with Crippen LogP contribution in [0.3, 0.4) is 0 Å². The van der Waals surface area contributed by atoms with Gasteiger partial charge in [-0.2, -0.15) is 0 Å². The second kappa shape index (κ2) is 9.45. The van der Waals surface area contributed by atoms with Gasteiger partial charge in [0.1, 0.15) is 0 Å². The van der Waals surface area contributed by atoms with E-state index >= 15 is 0 Å². The third-order valence-corrected chi connectivity index (χ3v) is 4.92. The van der Waals surface area contributed by atoms with Crippen LogP contribution in [-0.2, 0) is 4.79 Å². The zero-order valence-electron chi connectivity index (χ0n) is 15.6. The lowest BCUT2D eigenvalue weighted by Crippen LogP contribution is -2.21. The minimum absolute atomic E-state index is 0.0336. The van der Waals surface area contributed by atoms with E-state index in [1.54, 1.807) is 48.5 Å². The molecular weight excluding hydrogens is 409 g/mol. The molecule has 2 amide bonds. The molecule has 7 heteroatoms. The Kier molecular flexibility index (Phi) is 6.75. The van der Waals surface area contributed by atoms with E-state index in [4.69, 9.17) is 23.2 Å². The van der Waals surface area contributed by atoms with Crippen molar-refractivity contribution in [2.45, 2.75) is 6.92 Å². The van der Waals surface area contributed by atoms with Crippen LogP contribution in [0.5, 0.6) is 0 Å². The number of benzene rings is 3. The summed E-state index contributed by atoms with van der Waals surface area (Å²) in [5.74, 6) is -0.425. The van der Waals surface area contributed by atoms with Gasteiger partial charge in [0.2, 0.25) is 5.91 Å². The molecule has 29 heavy (non-hydrogen) atoms. The van der Waals surface area contributed by atoms with Gasteiger partial charge in [0.05, 0.1) is 22.3 Å². The Morgan fingerprint density at radius 1 is 0.862 bits per heavy atom. The van der Waals surface area contributed by atoms with Gasteiger partial charge in [0.15, 0.2) is 0 Å². The number of carbonyl (C=O) groups is 2. The molecule has 0 bridgehead atoms. The maximum absolute atomic E-state index is 12.3. The zero-order chi connectivity index (χ0) is 20.8. The molecule has 0 atom stereocenters. The van der Waals surface area contributed by atoms with E-state index in [0.717, 1.165) is 5.56 Å². The maximum atomic E-state index is 12.3. The monoisotopic (exact) mass is 427 g/mol. The molecule has 0 aliphatic carbocycles. The van der Waals surface area contributed by atoms with E-state index in [1.165, 1.54) is 0 Å². The Bertz CT molecular complexity index is 1040. The highest BCUT2D eigenvalue weighted by Crippen LogP contribution is 2.29. The number of anilines is 3. The van der Waals surface area contributed by atoms with Crippen molar-refractivity contribution in [1.82, 2.24) is 0 Å². The Labute approximate surface area is 179 Å². The molecule has 0 heterocycles. The number of hydrogen-bond donors (Lipinski definition) is 3. The molecule has 0 saturated heterocycles. The molecule has 3 N–H and O–H groups in total. The number of halogens is 2. The molecule has 0 unspecified atom stereocenters. The average Bonchev–Trinajstić information content (AvgIpc) is 2.70. The topological polar surface area (TPSA) is 70.2 Å². The predicted molar refractivity (Wildman–Crippen MR) is 119 cm³/mol. The van der Waals surface area contributed by atoms with Crippen molar-refractivity contribution in [2.75, 3.05) is 22.5 Å². The molecular formula is C22H19Cl2N3O2. The molecule has 0 fully saturated rings. The van der Waals surface area contributed by atoms with Gasteiger partial charge in [-0.05, 0) is 55.5 Å². The summed E-state index contributed by atoms with van der Waals surface area (Å²) in [7, 11) is 0. The standard InChI is InChI=1S/C22H19Cl2N3O2/c1-14-4-2-5-15(12-14)22(29)27-17-10-8-16(9-11-17)26-20(28)13-25-19-7-3-6-18(23)21(19)24/h2-12,25H,13H2,1H3,(H,26,28)(H,27,29). The van der Waals surface area contributed by atoms with Crippen molar-refractivity contribution < 1.29 is 9.59 Å². The highest BCUT2D eigenvalue weighted by Gasteiger charge is 2.08. The van der Waals surface area contributed by atoms with Crippen LogP contribution in [0.1, 0.15) is 15.9 Å². The summed E-state index contributed by atoms with van der Waals surface area (Å²) in [6.45, 7) is 1.97. The van der Waals surface area contributed by atoms with E-state index in [2.05, 4.69) is 16.0 Å². The first-order valence-electron chi connectivity index (χ1n) is 8.88. The summed E-state index contributed by atoms with van der Waals surface area (Å²) in [6.07, 6.45) is 0. The number of rotatable bonds is 6. The van der Waals surface area contributed by atoms with Crippen LogP contribution in [-0.4, -0.2) is 18.4 Å². The van der Waals surface area contributed by atoms with Gasteiger partial charge in [-0.3, -0.25) is 9.59 Å².